The number of aryl methyl sites for hydroxylation is 1. The SMILES string of the molecule is COC(=O)c1cnc(N2CCN(c3cc(-c4ccnc(C(C)C)c4)nc(N4CCCC4C)n3)C(C)C2)c(C)c1. The summed E-state index contributed by atoms with van der Waals surface area (Å²) >= 11 is 0. The standard InChI is InChI=1S/C30H39N7O2/c1-19(2)25-15-23(9-10-31-25)26-16-27(34-30(33-26)37-11-7-8-21(37)4)36-13-12-35(18-22(36)5)28-20(3)14-24(17-32-28)29(38)39-6/h9-10,14-17,19,21-22H,7-8,11-13,18H2,1-6H3. The second kappa shape index (κ2) is 11.2. The molecule has 0 amide bonds. The van der Waals surface area contributed by atoms with Gasteiger partial charge in [-0.25, -0.2) is 14.8 Å². The van der Waals surface area contributed by atoms with Crippen LogP contribution < -0.4 is 14.7 Å². The maximum Gasteiger partial charge on any atom is 0.339 e. The third-order valence-electron chi connectivity index (χ3n) is 7.87. The van der Waals surface area contributed by atoms with E-state index in [-0.39, 0.29) is 12.0 Å². The lowest BCUT2D eigenvalue weighted by Crippen LogP contribution is -2.53. The normalized spacial score (nSPS) is 19.6. The van der Waals surface area contributed by atoms with Crippen molar-refractivity contribution in [3.63, 3.8) is 0 Å². The lowest BCUT2D eigenvalue weighted by atomic mass is 10.1. The fourth-order valence-corrected chi connectivity index (χ4v) is 5.62. The number of carbonyl (C=O) groups is 1. The molecule has 2 atom stereocenters. The van der Waals surface area contributed by atoms with Crippen molar-refractivity contribution >= 4 is 23.6 Å². The van der Waals surface area contributed by atoms with Crippen LogP contribution in [0.3, 0.4) is 0 Å². The topological polar surface area (TPSA) is 87.6 Å². The molecule has 39 heavy (non-hydrogen) atoms. The van der Waals surface area contributed by atoms with Gasteiger partial charge in [-0.05, 0) is 63.3 Å². The highest BCUT2D eigenvalue weighted by atomic mass is 16.5. The number of rotatable bonds is 6. The number of esters is 1. The van der Waals surface area contributed by atoms with Crippen LogP contribution in [-0.4, -0.2) is 71.3 Å². The first-order valence-corrected chi connectivity index (χ1v) is 13.9. The van der Waals surface area contributed by atoms with Gasteiger partial charge in [-0.3, -0.25) is 4.98 Å². The van der Waals surface area contributed by atoms with E-state index < -0.39 is 0 Å². The summed E-state index contributed by atoms with van der Waals surface area (Å²) in [6.45, 7) is 14.2. The largest absolute Gasteiger partial charge is 0.465 e. The van der Waals surface area contributed by atoms with Crippen molar-refractivity contribution < 1.29 is 9.53 Å². The molecule has 5 heterocycles. The second-order valence-corrected chi connectivity index (χ2v) is 11.1. The summed E-state index contributed by atoms with van der Waals surface area (Å²) in [4.78, 5) is 38.3. The van der Waals surface area contributed by atoms with E-state index in [1.807, 2.05) is 25.3 Å². The van der Waals surface area contributed by atoms with E-state index in [2.05, 4.69) is 64.5 Å². The molecule has 2 aliphatic rings. The molecule has 0 bridgehead atoms. The average Bonchev–Trinajstić information content (AvgIpc) is 3.38. The van der Waals surface area contributed by atoms with Crippen molar-refractivity contribution in [2.75, 3.05) is 48.0 Å². The molecule has 0 N–H and O–H groups in total. The summed E-state index contributed by atoms with van der Waals surface area (Å²) in [5, 5.41) is 0. The van der Waals surface area contributed by atoms with Crippen LogP contribution in [-0.2, 0) is 4.74 Å². The zero-order valence-corrected chi connectivity index (χ0v) is 23.9. The van der Waals surface area contributed by atoms with Crippen LogP contribution >= 0.6 is 0 Å². The van der Waals surface area contributed by atoms with Gasteiger partial charge >= 0.3 is 5.97 Å². The Labute approximate surface area is 231 Å². The molecule has 2 unspecified atom stereocenters. The first-order chi connectivity index (χ1) is 18.7. The van der Waals surface area contributed by atoms with Crippen molar-refractivity contribution in [2.24, 2.45) is 0 Å². The molecular weight excluding hydrogens is 490 g/mol. The Morgan fingerprint density at radius 1 is 1.03 bits per heavy atom. The van der Waals surface area contributed by atoms with Crippen LogP contribution in [0.15, 0.2) is 36.7 Å². The van der Waals surface area contributed by atoms with E-state index in [0.29, 0.717) is 17.5 Å². The quantitative estimate of drug-likeness (QED) is 0.416. The predicted molar refractivity (Wildman–Crippen MR) is 155 cm³/mol. The first kappa shape index (κ1) is 26.8. The summed E-state index contributed by atoms with van der Waals surface area (Å²) < 4.78 is 4.85. The van der Waals surface area contributed by atoms with Crippen LogP contribution in [0.5, 0.6) is 0 Å². The van der Waals surface area contributed by atoms with Gasteiger partial charge in [0, 0.05) is 68.0 Å². The van der Waals surface area contributed by atoms with Gasteiger partial charge in [-0.2, -0.15) is 4.98 Å². The van der Waals surface area contributed by atoms with E-state index in [0.717, 1.165) is 79.1 Å². The number of aromatic nitrogens is 4. The number of pyridine rings is 2. The van der Waals surface area contributed by atoms with Crippen LogP contribution in [0.25, 0.3) is 11.3 Å². The van der Waals surface area contributed by atoms with E-state index in [4.69, 9.17) is 14.7 Å². The smallest absolute Gasteiger partial charge is 0.339 e. The highest BCUT2D eigenvalue weighted by molar-refractivity contribution is 5.89. The maximum absolute atomic E-state index is 11.9. The Kier molecular flexibility index (Phi) is 7.68. The van der Waals surface area contributed by atoms with Gasteiger partial charge in [-0.15, -0.1) is 0 Å². The van der Waals surface area contributed by atoms with Gasteiger partial charge in [-0.1, -0.05) is 13.8 Å². The van der Waals surface area contributed by atoms with Crippen LogP contribution in [0, 0.1) is 6.92 Å². The van der Waals surface area contributed by atoms with E-state index >= 15 is 0 Å². The van der Waals surface area contributed by atoms with Gasteiger partial charge in [0.25, 0.3) is 0 Å². The molecule has 0 radical (unpaired) electrons. The Morgan fingerprint density at radius 2 is 1.85 bits per heavy atom. The monoisotopic (exact) mass is 529 g/mol. The van der Waals surface area contributed by atoms with Gasteiger partial charge in [0.05, 0.1) is 18.4 Å². The Hall–Kier alpha value is -3.75. The van der Waals surface area contributed by atoms with Crippen molar-refractivity contribution in [1.29, 1.82) is 0 Å². The Balaban J connectivity index is 1.44. The summed E-state index contributed by atoms with van der Waals surface area (Å²) in [6.07, 6.45) is 5.80. The Bertz CT molecular complexity index is 1340. The molecule has 0 aromatic carbocycles. The number of methoxy groups -OCH3 is 1. The maximum atomic E-state index is 11.9. The summed E-state index contributed by atoms with van der Waals surface area (Å²) in [7, 11) is 1.39. The number of ether oxygens (including phenoxy) is 1. The fraction of sp³-hybridized carbons (Fsp3) is 0.500. The number of anilines is 3. The van der Waals surface area contributed by atoms with E-state index in [1.54, 1.807) is 6.20 Å². The lowest BCUT2D eigenvalue weighted by molar-refractivity contribution is 0.0600. The number of nitrogens with zero attached hydrogens (tertiary/aromatic N) is 7. The number of piperazine rings is 1. The molecule has 9 nitrogen and oxygen atoms in total. The molecule has 2 saturated heterocycles. The third-order valence-corrected chi connectivity index (χ3v) is 7.87. The molecule has 3 aromatic heterocycles. The predicted octanol–water partition coefficient (Wildman–Crippen LogP) is 4.86. The number of hydrogen-bond donors (Lipinski definition) is 0. The highest BCUT2D eigenvalue weighted by Gasteiger charge is 2.29. The number of carbonyl (C=O) groups excluding carboxylic acids is 1. The molecule has 206 valence electrons. The van der Waals surface area contributed by atoms with Crippen LogP contribution in [0.4, 0.5) is 17.6 Å². The van der Waals surface area contributed by atoms with Crippen molar-refractivity contribution in [3.05, 3.63) is 53.5 Å². The average molecular weight is 530 g/mol. The van der Waals surface area contributed by atoms with Crippen LogP contribution in [0.1, 0.15) is 68.1 Å². The minimum atomic E-state index is -0.368. The van der Waals surface area contributed by atoms with Gasteiger partial charge < -0.3 is 19.4 Å². The molecule has 2 fully saturated rings. The molecule has 0 aliphatic carbocycles. The molecular formula is C30H39N7O2. The van der Waals surface area contributed by atoms with E-state index in [9.17, 15) is 4.79 Å². The number of hydrogen-bond acceptors (Lipinski definition) is 9. The lowest BCUT2D eigenvalue weighted by Gasteiger charge is -2.41. The summed E-state index contributed by atoms with van der Waals surface area (Å²) in [5.74, 6) is 2.64. The van der Waals surface area contributed by atoms with E-state index in [1.165, 1.54) is 7.11 Å². The minimum absolute atomic E-state index is 0.204. The molecule has 0 spiro atoms. The summed E-state index contributed by atoms with van der Waals surface area (Å²) in [5.41, 5.74) is 4.50. The van der Waals surface area contributed by atoms with Gasteiger partial charge in [0.2, 0.25) is 5.95 Å². The molecule has 9 heteroatoms. The molecule has 3 aromatic rings. The second-order valence-electron chi connectivity index (χ2n) is 11.1. The van der Waals surface area contributed by atoms with Crippen molar-refractivity contribution in [2.45, 2.75) is 65.5 Å². The fourth-order valence-electron chi connectivity index (χ4n) is 5.62. The third kappa shape index (κ3) is 5.53. The minimum Gasteiger partial charge on any atom is -0.465 e. The zero-order chi connectivity index (χ0) is 27.7. The molecule has 2 aliphatic heterocycles. The first-order valence-electron chi connectivity index (χ1n) is 13.9. The van der Waals surface area contributed by atoms with Crippen molar-refractivity contribution in [3.8, 4) is 11.3 Å². The Morgan fingerprint density at radius 3 is 2.51 bits per heavy atom. The van der Waals surface area contributed by atoms with Gasteiger partial charge in [0.15, 0.2) is 0 Å². The van der Waals surface area contributed by atoms with Crippen LogP contribution in [0.2, 0.25) is 0 Å². The van der Waals surface area contributed by atoms with Gasteiger partial charge in [0.1, 0.15) is 11.6 Å². The zero-order valence-electron chi connectivity index (χ0n) is 23.9. The molecule has 5 rings (SSSR count). The summed E-state index contributed by atoms with van der Waals surface area (Å²) in [6, 6.07) is 8.81. The highest BCUT2D eigenvalue weighted by Crippen LogP contribution is 2.32. The molecule has 0 saturated carbocycles. The van der Waals surface area contributed by atoms with Crippen molar-refractivity contribution in [1.82, 2.24) is 19.9 Å².